The molecule has 2 aliphatic rings. The molecule has 1 saturated heterocycles. The van der Waals surface area contributed by atoms with E-state index in [1.807, 2.05) is 0 Å². The van der Waals surface area contributed by atoms with E-state index >= 15 is 0 Å². The van der Waals surface area contributed by atoms with E-state index in [1.165, 1.54) is 38.8 Å². The zero-order valence-electron chi connectivity index (χ0n) is 8.91. The number of aliphatic hydroxyl groups is 1. The maximum atomic E-state index is 9.15. The zero-order valence-corrected chi connectivity index (χ0v) is 8.91. The van der Waals surface area contributed by atoms with E-state index in [1.54, 1.807) is 0 Å². The summed E-state index contributed by atoms with van der Waals surface area (Å²) >= 11 is 0. The van der Waals surface area contributed by atoms with Crippen molar-refractivity contribution in [3.05, 3.63) is 0 Å². The van der Waals surface area contributed by atoms with Gasteiger partial charge in [-0.2, -0.15) is 0 Å². The van der Waals surface area contributed by atoms with Crippen molar-refractivity contribution in [1.29, 1.82) is 0 Å². The monoisotopic (exact) mass is 198 g/mol. The van der Waals surface area contributed by atoms with Crippen LogP contribution in [0.25, 0.3) is 0 Å². The van der Waals surface area contributed by atoms with Crippen molar-refractivity contribution in [2.45, 2.75) is 25.7 Å². The molecule has 0 amide bonds. The lowest BCUT2D eigenvalue weighted by Gasteiger charge is -2.24. The summed E-state index contributed by atoms with van der Waals surface area (Å²) < 4.78 is 0. The second-order valence-electron chi connectivity index (χ2n) is 5.11. The van der Waals surface area contributed by atoms with Crippen molar-refractivity contribution in [1.82, 2.24) is 4.90 Å². The number of likely N-dealkylation sites (tertiary alicyclic amines) is 1. The Hall–Kier alpha value is -0.120. The minimum Gasteiger partial charge on any atom is -0.396 e. The average molecular weight is 198 g/mol. The highest BCUT2D eigenvalue weighted by Crippen LogP contribution is 2.47. The second kappa shape index (κ2) is 4.17. The summed E-state index contributed by atoms with van der Waals surface area (Å²) in [5, 5.41) is 9.15. The van der Waals surface area contributed by atoms with Gasteiger partial charge in [0.05, 0.1) is 0 Å². The standard InChI is InChI=1S/C11H22N2O/c12-4-6-13-5-3-11(9-13)2-1-10(7-11)8-14/h10,14H,1-9,12H2/t10-,11-/m0/s1. The van der Waals surface area contributed by atoms with E-state index in [9.17, 15) is 0 Å². The fraction of sp³-hybridized carbons (Fsp3) is 1.00. The lowest BCUT2D eigenvalue weighted by molar-refractivity contribution is 0.205. The third-order valence-corrected chi connectivity index (χ3v) is 4.03. The molecular weight excluding hydrogens is 176 g/mol. The molecule has 82 valence electrons. The number of aliphatic hydroxyl groups excluding tert-OH is 1. The van der Waals surface area contributed by atoms with Gasteiger partial charge in [-0.3, -0.25) is 0 Å². The highest BCUT2D eigenvalue weighted by atomic mass is 16.3. The maximum Gasteiger partial charge on any atom is 0.0459 e. The van der Waals surface area contributed by atoms with Crippen LogP contribution in [-0.4, -0.2) is 42.8 Å². The number of nitrogens with zero attached hydrogens (tertiary/aromatic N) is 1. The molecule has 0 bridgehead atoms. The van der Waals surface area contributed by atoms with Gasteiger partial charge in [0.25, 0.3) is 0 Å². The lowest BCUT2D eigenvalue weighted by atomic mass is 9.84. The highest BCUT2D eigenvalue weighted by molar-refractivity contribution is 4.95. The van der Waals surface area contributed by atoms with Crippen LogP contribution in [-0.2, 0) is 0 Å². The van der Waals surface area contributed by atoms with Gasteiger partial charge < -0.3 is 15.7 Å². The number of hydrogen-bond donors (Lipinski definition) is 2. The van der Waals surface area contributed by atoms with Crippen LogP contribution in [0, 0.1) is 11.3 Å². The van der Waals surface area contributed by atoms with E-state index in [-0.39, 0.29) is 0 Å². The zero-order chi connectivity index (χ0) is 10.0. The van der Waals surface area contributed by atoms with Crippen LogP contribution in [0.4, 0.5) is 0 Å². The highest BCUT2D eigenvalue weighted by Gasteiger charge is 2.43. The van der Waals surface area contributed by atoms with Gasteiger partial charge in [0.15, 0.2) is 0 Å². The number of rotatable bonds is 3. The van der Waals surface area contributed by atoms with Crippen LogP contribution in [0.15, 0.2) is 0 Å². The van der Waals surface area contributed by atoms with Crippen LogP contribution < -0.4 is 5.73 Å². The van der Waals surface area contributed by atoms with Crippen LogP contribution in [0.2, 0.25) is 0 Å². The molecule has 1 heterocycles. The van der Waals surface area contributed by atoms with E-state index in [4.69, 9.17) is 10.8 Å². The average Bonchev–Trinajstić information content (AvgIpc) is 2.76. The lowest BCUT2D eigenvalue weighted by Crippen LogP contribution is -2.30. The predicted molar refractivity (Wildman–Crippen MR) is 57.0 cm³/mol. The minimum atomic E-state index is 0.388. The molecule has 3 nitrogen and oxygen atoms in total. The number of nitrogens with two attached hydrogens (primary N) is 1. The van der Waals surface area contributed by atoms with E-state index in [0.29, 0.717) is 17.9 Å². The first-order valence-corrected chi connectivity index (χ1v) is 5.81. The first-order valence-electron chi connectivity index (χ1n) is 5.81. The van der Waals surface area contributed by atoms with E-state index < -0.39 is 0 Å². The smallest absolute Gasteiger partial charge is 0.0459 e. The summed E-state index contributed by atoms with van der Waals surface area (Å²) in [6, 6.07) is 0. The van der Waals surface area contributed by atoms with Gasteiger partial charge in [-0.1, -0.05) is 0 Å². The Morgan fingerprint density at radius 2 is 2.29 bits per heavy atom. The molecular formula is C11H22N2O. The van der Waals surface area contributed by atoms with Crippen molar-refractivity contribution in [3.63, 3.8) is 0 Å². The molecule has 3 N–H and O–H groups in total. The molecule has 0 aromatic heterocycles. The molecule has 1 aliphatic heterocycles. The summed E-state index contributed by atoms with van der Waals surface area (Å²) in [7, 11) is 0. The molecule has 2 rings (SSSR count). The Morgan fingerprint density at radius 1 is 1.43 bits per heavy atom. The first-order chi connectivity index (χ1) is 6.78. The van der Waals surface area contributed by atoms with E-state index in [2.05, 4.69) is 4.90 Å². The molecule has 0 aromatic carbocycles. The molecule has 14 heavy (non-hydrogen) atoms. The van der Waals surface area contributed by atoms with Crippen LogP contribution >= 0.6 is 0 Å². The Labute approximate surface area is 86.3 Å². The fourth-order valence-corrected chi connectivity index (χ4v) is 3.25. The molecule has 1 spiro atoms. The first kappa shape index (κ1) is 10.4. The summed E-state index contributed by atoms with van der Waals surface area (Å²) in [6.45, 7) is 4.65. The Kier molecular flexibility index (Phi) is 3.10. The SMILES string of the molecule is NCCN1CC[C@]2(CC[C@H](CO)C2)C1. The van der Waals surface area contributed by atoms with Gasteiger partial charge in [-0.15, -0.1) is 0 Å². The third-order valence-electron chi connectivity index (χ3n) is 4.03. The Balaban J connectivity index is 1.87. The molecule has 1 saturated carbocycles. The van der Waals surface area contributed by atoms with Crippen LogP contribution in [0.3, 0.4) is 0 Å². The van der Waals surface area contributed by atoms with Crippen molar-refractivity contribution in [3.8, 4) is 0 Å². The molecule has 2 fully saturated rings. The summed E-state index contributed by atoms with van der Waals surface area (Å²) in [6.07, 6.45) is 5.11. The number of hydrogen-bond acceptors (Lipinski definition) is 3. The largest absolute Gasteiger partial charge is 0.396 e. The van der Waals surface area contributed by atoms with Gasteiger partial charge in [0.1, 0.15) is 0 Å². The normalized spacial score (nSPS) is 38.6. The summed E-state index contributed by atoms with van der Waals surface area (Å²) in [5.74, 6) is 0.577. The fourth-order valence-electron chi connectivity index (χ4n) is 3.25. The second-order valence-corrected chi connectivity index (χ2v) is 5.11. The van der Waals surface area contributed by atoms with Crippen molar-refractivity contribution in [2.75, 3.05) is 32.8 Å². The van der Waals surface area contributed by atoms with Gasteiger partial charge in [-0.05, 0) is 43.6 Å². The molecule has 1 aliphatic carbocycles. The summed E-state index contributed by atoms with van der Waals surface area (Å²) in [5.41, 5.74) is 6.11. The van der Waals surface area contributed by atoms with Gasteiger partial charge in [0, 0.05) is 26.2 Å². The summed E-state index contributed by atoms with van der Waals surface area (Å²) in [4.78, 5) is 2.49. The van der Waals surface area contributed by atoms with Crippen LogP contribution in [0.5, 0.6) is 0 Å². The minimum absolute atomic E-state index is 0.388. The van der Waals surface area contributed by atoms with Gasteiger partial charge in [0.2, 0.25) is 0 Å². The van der Waals surface area contributed by atoms with Crippen molar-refractivity contribution in [2.24, 2.45) is 17.1 Å². The molecule has 3 heteroatoms. The third kappa shape index (κ3) is 1.95. The predicted octanol–water partition coefficient (Wildman–Crippen LogP) is 0.430. The van der Waals surface area contributed by atoms with Crippen molar-refractivity contribution < 1.29 is 5.11 Å². The quantitative estimate of drug-likeness (QED) is 0.691. The van der Waals surface area contributed by atoms with E-state index in [0.717, 1.165) is 13.1 Å². The topological polar surface area (TPSA) is 49.5 Å². The Morgan fingerprint density at radius 3 is 2.93 bits per heavy atom. The maximum absolute atomic E-state index is 9.15. The molecule has 0 aromatic rings. The molecule has 0 unspecified atom stereocenters. The van der Waals surface area contributed by atoms with Gasteiger partial charge in [-0.25, -0.2) is 0 Å². The van der Waals surface area contributed by atoms with Crippen molar-refractivity contribution >= 4 is 0 Å². The van der Waals surface area contributed by atoms with Gasteiger partial charge >= 0.3 is 0 Å². The molecule has 2 atom stereocenters. The van der Waals surface area contributed by atoms with Crippen LogP contribution in [0.1, 0.15) is 25.7 Å². The Bertz CT molecular complexity index is 198. The molecule has 0 radical (unpaired) electrons.